The highest BCUT2D eigenvalue weighted by Crippen LogP contribution is 2.33. The van der Waals surface area contributed by atoms with Crippen LogP contribution in [0.5, 0.6) is 11.5 Å². The predicted molar refractivity (Wildman–Crippen MR) is 103 cm³/mol. The van der Waals surface area contributed by atoms with Crippen LogP contribution in [0.1, 0.15) is 15.9 Å². The molecule has 0 unspecified atom stereocenters. The Morgan fingerprint density at radius 3 is 2.35 bits per heavy atom. The van der Waals surface area contributed by atoms with Gasteiger partial charge in [0.25, 0.3) is 0 Å². The minimum absolute atomic E-state index is 0.0407. The molecule has 0 atom stereocenters. The number of sulfonamides is 1. The van der Waals surface area contributed by atoms with E-state index < -0.39 is 10.0 Å². The molecular weight excluding hydrogens is 422 g/mol. The predicted octanol–water partition coefficient (Wildman–Crippen LogP) is 3.31. The van der Waals surface area contributed by atoms with E-state index in [1.165, 1.54) is 57.6 Å². The van der Waals surface area contributed by atoms with Gasteiger partial charge in [-0.25, -0.2) is 12.7 Å². The molecule has 0 bridgehead atoms. The van der Waals surface area contributed by atoms with Gasteiger partial charge < -0.3 is 9.84 Å². The number of allylic oxidation sites excluding steroid dienone is 1. The number of ketones is 1. The average Bonchev–Trinajstić information content (AvgIpc) is 2.61. The Kier molecular flexibility index (Phi) is 6.22. The van der Waals surface area contributed by atoms with Crippen LogP contribution < -0.4 is 4.74 Å². The molecule has 2 aromatic carbocycles. The summed E-state index contributed by atoms with van der Waals surface area (Å²) in [6.07, 6.45) is 2.90. The molecular formula is C18H18BrNO5S. The number of rotatable bonds is 6. The van der Waals surface area contributed by atoms with Gasteiger partial charge in [-0.15, -0.1) is 0 Å². The number of benzene rings is 2. The highest BCUT2D eigenvalue weighted by molar-refractivity contribution is 9.10. The van der Waals surface area contributed by atoms with E-state index in [1.807, 2.05) is 0 Å². The Morgan fingerprint density at radius 2 is 1.81 bits per heavy atom. The molecule has 0 aliphatic rings. The molecule has 0 saturated carbocycles. The van der Waals surface area contributed by atoms with Crippen molar-refractivity contribution in [3.63, 3.8) is 0 Å². The Hall–Kier alpha value is -2.16. The molecule has 0 spiro atoms. The number of hydrogen-bond acceptors (Lipinski definition) is 5. The molecule has 0 fully saturated rings. The maximum Gasteiger partial charge on any atom is 0.242 e. The summed E-state index contributed by atoms with van der Waals surface area (Å²) >= 11 is 3.35. The molecule has 2 aromatic rings. The minimum Gasteiger partial charge on any atom is -0.504 e. The fourth-order valence-corrected chi connectivity index (χ4v) is 3.47. The Morgan fingerprint density at radius 1 is 1.19 bits per heavy atom. The number of methoxy groups -OCH3 is 1. The second-order valence-electron chi connectivity index (χ2n) is 5.55. The maximum absolute atomic E-state index is 12.3. The molecule has 0 aromatic heterocycles. The lowest BCUT2D eigenvalue weighted by atomic mass is 10.1. The summed E-state index contributed by atoms with van der Waals surface area (Å²) < 4.78 is 30.8. The summed E-state index contributed by atoms with van der Waals surface area (Å²) in [4.78, 5) is 12.4. The number of halogens is 1. The van der Waals surface area contributed by atoms with Crippen molar-refractivity contribution < 1.29 is 23.1 Å². The molecule has 0 aliphatic heterocycles. The fraction of sp³-hybridized carbons (Fsp3) is 0.167. The van der Waals surface area contributed by atoms with Crippen LogP contribution in [0, 0.1) is 0 Å². The zero-order valence-corrected chi connectivity index (χ0v) is 16.8. The van der Waals surface area contributed by atoms with Gasteiger partial charge in [0, 0.05) is 24.1 Å². The molecule has 0 saturated heterocycles. The van der Waals surface area contributed by atoms with Gasteiger partial charge in [-0.2, -0.15) is 0 Å². The van der Waals surface area contributed by atoms with Crippen LogP contribution in [-0.2, 0) is 10.0 Å². The van der Waals surface area contributed by atoms with Crippen molar-refractivity contribution in [1.29, 1.82) is 0 Å². The third-order valence-corrected chi connectivity index (χ3v) is 6.15. The van der Waals surface area contributed by atoms with Gasteiger partial charge in [0.05, 0.1) is 12.0 Å². The molecule has 1 N–H and O–H groups in total. The van der Waals surface area contributed by atoms with E-state index in [4.69, 9.17) is 4.74 Å². The van der Waals surface area contributed by atoms with Crippen LogP contribution in [-0.4, -0.2) is 44.8 Å². The lowest BCUT2D eigenvalue weighted by Crippen LogP contribution is -2.22. The first-order valence-corrected chi connectivity index (χ1v) is 9.71. The lowest BCUT2D eigenvalue weighted by Gasteiger charge is -2.11. The molecule has 0 heterocycles. The molecule has 0 amide bonds. The van der Waals surface area contributed by atoms with Crippen molar-refractivity contribution in [2.24, 2.45) is 0 Å². The molecule has 6 nitrogen and oxygen atoms in total. The van der Waals surface area contributed by atoms with Crippen molar-refractivity contribution in [2.45, 2.75) is 4.90 Å². The topological polar surface area (TPSA) is 83.9 Å². The van der Waals surface area contributed by atoms with Crippen molar-refractivity contribution in [3.8, 4) is 11.5 Å². The first kappa shape index (κ1) is 20.2. The third kappa shape index (κ3) is 4.32. The SMILES string of the molecule is COc1cc(Br)c(C=CC(=O)c2ccc(S(=O)(=O)N(C)C)cc2)cc1O. The third-order valence-electron chi connectivity index (χ3n) is 3.63. The monoisotopic (exact) mass is 439 g/mol. The van der Waals surface area contributed by atoms with Gasteiger partial charge in [-0.3, -0.25) is 4.79 Å². The average molecular weight is 440 g/mol. The van der Waals surface area contributed by atoms with E-state index in [1.54, 1.807) is 12.1 Å². The lowest BCUT2D eigenvalue weighted by molar-refractivity contribution is 0.104. The van der Waals surface area contributed by atoms with Gasteiger partial charge in [-0.1, -0.05) is 15.9 Å². The number of carbonyl (C=O) groups excluding carboxylic acids is 1. The summed E-state index contributed by atoms with van der Waals surface area (Å²) in [7, 11) is 0.799. The van der Waals surface area contributed by atoms with E-state index in [-0.39, 0.29) is 16.4 Å². The van der Waals surface area contributed by atoms with Gasteiger partial charge in [0.15, 0.2) is 17.3 Å². The summed E-state index contributed by atoms with van der Waals surface area (Å²) in [5.41, 5.74) is 0.955. The largest absolute Gasteiger partial charge is 0.504 e. The maximum atomic E-state index is 12.3. The van der Waals surface area contributed by atoms with Crippen molar-refractivity contribution >= 4 is 37.8 Å². The van der Waals surface area contributed by atoms with Crippen LogP contribution in [0.25, 0.3) is 6.08 Å². The number of phenols is 1. The van der Waals surface area contributed by atoms with Gasteiger partial charge in [0.2, 0.25) is 10.0 Å². The zero-order chi connectivity index (χ0) is 19.5. The summed E-state index contributed by atoms with van der Waals surface area (Å²) in [5, 5.41) is 9.82. The molecule has 2 rings (SSSR count). The van der Waals surface area contributed by atoms with Crippen LogP contribution in [0.3, 0.4) is 0 Å². The van der Waals surface area contributed by atoms with Crippen LogP contribution in [0.2, 0.25) is 0 Å². The normalized spacial score (nSPS) is 11.9. The summed E-state index contributed by atoms with van der Waals surface area (Å²) in [5.74, 6) is -0.0138. The first-order chi connectivity index (χ1) is 12.2. The van der Waals surface area contributed by atoms with Crippen LogP contribution in [0.4, 0.5) is 0 Å². The molecule has 26 heavy (non-hydrogen) atoms. The smallest absolute Gasteiger partial charge is 0.242 e. The minimum atomic E-state index is -3.53. The number of hydrogen-bond donors (Lipinski definition) is 1. The van der Waals surface area contributed by atoms with E-state index in [9.17, 15) is 18.3 Å². The summed E-state index contributed by atoms with van der Waals surface area (Å²) in [6, 6.07) is 8.78. The second kappa shape index (κ2) is 8.03. The summed E-state index contributed by atoms with van der Waals surface area (Å²) in [6.45, 7) is 0. The standard InChI is InChI=1S/C18H18BrNO5S/c1-20(2)26(23,24)14-7-4-12(5-8-14)16(21)9-6-13-10-17(22)18(25-3)11-15(13)19/h4-11,22H,1-3H3. The van der Waals surface area contributed by atoms with Crippen molar-refractivity contribution in [2.75, 3.05) is 21.2 Å². The number of carbonyl (C=O) groups is 1. The fourth-order valence-electron chi connectivity index (χ4n) is 2.11. The number of phenolic OH excluding ortho intramolecular Hbond substituents is 1. The molecule has 0 radical (unpaired) electrons. The van der Waals surface area contributed by atoms with E-state index in [0.29, 0.717) is 21.3 Å². The van der Waals surface area contributed by atoms with E-state index in [0.717, 1.165) is 4.31 Å². The number of ether oxygens (including phenoxy) is 1. The highest BCUT2D eigenvalue weighted by Gasteiger charge is 2.17. The van der Waals surface area contributed by atoms with Gasteiger partial charge in [-0.05, 0) is 54.1 Å². The van der Waals surface area contributed by atoms with Gasteiger partial charge >= 0.3 is 0 Å². The van der Waals surface area contributed by atoms with Crippen molar-refractivity contribution in [1.82, 2.24) is 4.31 Å². The number of aromatic hydroxyl groups is 1. The van der Waals surface area contributed by atoms with Crippen LogP contribution >= 0.6 is 15.9 Å². The zero-order valence-electron chi connectivity index (χ0n) is 14.4. The Labute approximate surface area is 160 Å². The van der Waals surface area contributed by atoms with E-state index in [2.05, 4.69) is 15.9 Å². The number of nitrogens with zero attached hydrogens (tertiary/aromatic N) is 1. The first-order valence-electron chi connectivity index (χ1n) is 7.48. The molecule has 138 valence electrons. The second-order valence-corrected chi connectivity index (χ2v) is 8.56. The Balaban J connectivity index is 2.23. The van der Waals surface area contributed by atoms with E-state index >= 15 is 0 Å². The highest BCUT2D eigenvalue weighted by atomic mass is 79.9. The quantitative estimate of drug-likeness (QED) is 0.551. The van der Waals surface area contributed by atoms with Crippen LogP contribution in [0.15, 0.2) is 51.8 Å². The Bertz CT molecular complexity index is 950. The van der Waals surface area contributed by atoms with Gasteiger partial charge in [0.1, 0.15) is 0 Å². The van der Waals surface area contributed by atoms with Crippen molar-refractivity contribution in [3.05, 3.63) is 58.1 Å². The molecule has 8 heteroatoms. The molecule has 0 aliphatic carbocycles.